The van der Waals surface area contributed by atoms with Gasteiger partial charge in [0, 0.05) is 12.0 Å². The molecule has 0 bridgehead atoms. The molecule has 1 N–H and O–H groups in total. The third kappa shape index (κ3) is 4.23. The van der Waals surface area contributed by atoms with Crippen molar-refractivity contribution in [2.24, 2.45) is 0 Å². The molecule has 5 heteroatoms. The number of hydrogen-bond donors (Lipinski definition) is 1. The summed E-state index contributed by atoms with van der Waals surface area (Å²) >= 11 is 0. The van der Waals surface area contributed by atoms with Crippen molar-refractivity contribution in [3.05, 3.63) is 65.2 Å². The number of hydrogen-bond acceptors (Lipinski definition) is 2. The number of para-hydroxylation sites is 1. The normalized spacial score (nSPS) is 11.4. The highest BCUT2D eigenvalue weighted by molar-refractivity contribution is 5.32. The summed E-state index contributed by atoms with van der Waals surface area (Å²) < 4.78 is 42.8. The fourth-order valence-electron chi connectivity index (χ4n) is 1.91. The van der Waals surface area contributed by atoms with Gasteiger partial charge in [0.05, 0.1) is 18.8 Å². The van der Waals surface area contributed by atoms with Gasteiger partial charge >= 0.3 is 6.18 Å². The van der Waals surface area contributed by atoms with E-state index in [2.05, 4.69) is 0 Å². The fourth-order valence-corrected chi connectivity index (χ4v) is 1.91. The third-order valence-electron chi connectivity index (χ3n) is 3.07. The number of ether oxygens (including phenoxy) is 1. The van der Waals surface area contributed by atoms with Gasteiger partial charge in [0.15, 0.2) is 0 Å². The first kappa shape index (κ1) is 15.4. The molecule has 0 unspecified atom stereocenters. The van der Waals surface area contributed by atoms with Crippen LogP contribution in [0.4, 0.5) is 13.2 Å². The van der Waals surface area contributed by atoms with Crippen LogP contribution in [0, 0.1) is 0 Å². The molecule has 2 nitrogen and oxygen atoms in total. The summed E-state index contributed by atoms with van der Waals surface area (Å²) in [5, 5.41) is 9.16. The topological polar surface area (TPSA) is 29.5 Å². The van der Waals surface area contributed by atoms with Crippen molar-refractivity contribution < 1.29 is 23.0 Å². The van der Waals surface area contributed by atoms with Crippen molar-refractivity contribution in [3.63, 3.8) is 0 Å². The first-order valence-corrected chi connectivity index (χ1v) is 6.48. The fraction of sp³-hybridized carbons (Fsp3) is 0.250. The SMILES string of the molecule is OCc1ccccc1OCCc1ccc(C(F)(F)F)cc1. The summed E-state index contributed by atoms with van der Waals surface area (Å²) in [6, 6.07) is 12.1. The van der Waals surface area contributed by atoms with Gasteiger partial charge in [0.1, 0.15) is 5.75 Å². The molecule has 0 radical (unpaired) electrons. The van der Waals surface area contributed by atoms with Crippen molar-refractivity contribution in [1.82, 2.24) is 0 Å². The van der Waals surface area contributed by atoms with Crippen LogP contribution in [0.25, 0.3) is 0 Å². The van der Waals surface area contributed by atoms with E-state index in [9.17, 15) is 13.2 Å². The lowest BCUT2D eigenvalue weighted by atomic mass is 10.1. The van der Waals surface area contributed by atoms with E-state index < -0.39 is 11.7 Å². The highest BCUT2D eigenvalue weighted by Crippen LogP contribution is 2.29. The number of halogens is 3. The van der Waals surface area contributed by atoms with Crippen LogP contribution in [0.3, 0.4) is 0 Å². The molecule has 0 atom stereocenters. The minimum absolute atomic E-state index is 0.115. The van der Waals surface area contributed by atoms with E-state index in [1.54, 1.807) is 24.3 Å². The number of aliphatic hydroxyl groups is 1. The lowest BCUT2D eigenvalue weighted by molar-refractivity contribution is -0.137. The molecule has 0 spiro atoms. The van der Waals surface area contributed by atoms with Gasteiger partial charge in [-0.1, -0.05) is 30.3 Å². The van der Waals surface area contributed by atoms with Crippen LogP contribution in [0.5, 0.6) is 5.75 Å². The van der Waals surface area contributed by atoms with E-state index in [1.807, 2.05) is 0 Å². The Hall–Kier alpha value is -2.01. The predicted octanol–water partition coefficient (Wildman–Crippen LogP) is 3.82. The molecule has 2 aromatic carbocycles. The van der Waals surface area contributed by atoms with Crippen molar-refractivity contribution >= 4 is 0 Å². The molecule has 21 heavy (non-hydrogen) atoms. The molecule has 0 aromatic heterocycles. The van der Waals surface area contributed by atoms with Crippen LogP contribution in [0.2, 0.25) is 0 Å². The zero-order valence-electron chi connectivity index (χ0n) is 11.2. The van der Waals surface area contributed by atoms with Gasteiger partial charge in [-0.05, 0) is 23.8 Å². The largest absolute Gasteiger partial charge is 0.493 e. The van der Waals surface area contributed by atoms with E-state index in [0.29, 0.717) is 24.3 Å². The zero-order chi connectivity index (χ0) is 15.3. The number of alkyl halides is 3. The Labute approximate surface area is 120 Å². The van der Waals surface area contributed by atoms with Crippen molar-refractivity contribution in [2.75, 3.05) is 6.61 Å². The van der Waals surface area contributed by atoms with E-state index in [1.165, 1.54) is 12.1 Å². The number of aliphatic hydroxyl groups excluding tert-OH is 1. The monoisotopic (exact) mass is 296 g/mol. The minimum atomic E-state index is -4.31. The second kappa shape index (κ2) is 6.63. The van der Waals surface area contributed by atoms with Crippen LogP contribution in [0.15, 0.2) is 48.5 Å². The molecule has 0 saturated heterocycles. The molecule has 0 aliphatic rings. The average molecular weight is 296 g/mol. The average Bonchev–Trinajstić information content (AvgIpc) is 2.47. The zero-order valence-corrected chi connectivity index (χ0v) is 11.2. The van der Waals surface area contributed by atoms with Crippen LogP contribution < -0.4 is 4.74 Å². The lowest BCUT2D eigenvalue weighted by Gasteiger charge is -2.10. The van der Waals surface area contributed by atoms with Gasteiger partial charge in [-0.15, -0.1) is 0 Å². The Morgan fingerprint density at radius 1 is 0.952 bits per heavy atom. The maximum Gasteiger partial charge on any atom is 0.416 e. The number of benzene rings is 2. The Bertz CT molecular complexity index is 577. The van der Waals surface area contributed by atoms with Gasteiger partial charge in [0.2, 0.25) is 0 Å². The van der Waals surface area contributed by atoms with Crippen molar-refractivity contribution in [2.45, 2.75) is 19.2 Å². The Morgan fingerprint density at radius 3 is 2.24 bits per heavy atom. The summed E-state index contributed by atoms with van der Waals surface area (Å²) in [6.07, 6.45) is -3.81. The lowest BCUT2D eigenvalue weighted by Crippen LogP contribution is -2.06. The molecule has 2 aromatic rings. The van der Waals surface area contributed by atoms with E-state index in [-0.39, 0.29) is 6.61 Å². The first-order valence-electron chi connectivity index (χ1n) is 6.48. The van der Waals surface area contributed by atoms with Gasteiger partial charge in [-0.25, -0.2) is 0 Å². The van der Waals surface area contributed by atoms with Gasteiger partial charge < -0.3 is 9.84 Å². The van der Waals surface area contributed by atoms with Crippen LogP contribution in [0.1, 0.15) is 16.7 Å². The summed E-state index contributed by atoms with van der Waals surface area (Å²) in [5.41, 5.74) is 0.798. The van der Waals surface area contributed by atoms with E-state index in [0.717, 1.165) is 17.7 Å². The quantitative estimate of drug-likeness (QED) is 0.909. The molecule has 0 aliphatic heterocycles. The molecular weight excluding hydrogens is 281 g/mol. The maximum atomic E-state index is 12.4. The molecule has 112 valence electrons. The molecule has 0 amide bonds. The van der Waals surface area contributed by atoms with Gasteiger partial charge in [-0.3, -0.25) is 0 Å². The van der Waals surface area contributed by atoms with Crippen molar-refractivity contribution in [1.29, 1.82) is 0 Å². The Kier molecular flexibility index (Phi) is 4.85. The first-order chi connectivity index (χ1) is 10.0. The molecule has 2 rings (SSSR count). The van der Waals surface area contributed by atoms with E-state index >= 15 is 0 Å². The summed E-state index contributed by atoms with van der Waals surface area (Å²) in [5.74, 6) is 0.590. The minimum Gasteiger partial charge on any atom is -0.493 e. The van der Waals surface area contributed by atoms with Crippen LogP contribution in [-0.4, -0.2) is 11.7 Å². The summed E-state index contributed by atoms with van der Waals surface area (Å²) in [6.45, 7) is 0.221. The second-order valence-corrected chi connectivity index (χ2v) is 4.56. The third-order valence-corrected chi connectivity index (χ3v) is 3.07. The molecule has 0 aliphatic carbocycles. The van der Waals surface area contributed by atoms with Crippen LogP contribution in [-0.2, 0) is 19.2 Å². The predicted molar refractivity (Wildman–Crippen MR) is 73.0 cm³/mol. The molecule has 0 saturated carbocycles. The van der Waals surface area contributed by atoms with Gasteiger partial charge in [-0.2, -0.15) is 13.2 Å². The van der Waals surface area contributed by atoms with Crippen LogP contribution >= 0.6 is 0 Å². The van der Waals surface area contributed by atoms with E-state index in [4.69, 9.17) is 9.84 Å². The molecular formula is C16H15F3O2. The highest BCUT2D eigenvalue weighted by atomic mass is 19.4. The number of rotatable bonds is 5. The summed E-state index contributed by atoms with van der Waals surface area (Å²) in [4.78, 5) is 0. The summed E-state index contributed by atoms with van der Waals surface area (Å²) in [7, 11) is 0. The Morgan fingerprint density at radius 2 is 1.62 bits per heavy atom. The molecule has 0 fully saturated rings. The maximum absolute atomic E-state index is 12.4. The Balaban J connectivity index is 1.92. The smallest absolute Gasteiger partial charge is 0.416 e. The van der Waals surface area contributed by atoms with Gasteiger partial charge in [0.25, 0.3) is 0 Å². The second-order valence-electron chi connectivity index (χ2n) is 4.56. The standard InChI is InChI=1S/C16H15F3O2/c17-16(18,19)14-7-5-12(6-8-14)9-10-21-15-4-2-1-3-13(15)11-20/h1-8,20H,9-11H2. The molecule has 0 heterocycles. The van der Waals surface area contributed by atoms with Crippen molar-refractivity contribution in [3.8, 4) is 5.75 Å². The highest BCUT2D eigenvalue weighted by Gasteiger charge is 2.29.